The molecule has 0 unspecified atom stereocenters. The van der Waals surface area contributed by atoms with Gasteiger partial charge in [-0.15, -0.1) is 0 Å². The topological polar surface area (TPSA) is 56.5 Å². The van der Waals surface area contributed by atoms with Crippen LogP contribution in [-0.2, 0) is 6.18 Å². The van der Waals surface area contributed by atoms with Gasteiger partial charge in [-0.05, 0) is 23.2 Å². The van der Waals surface area contributed by atoms with E-state index in [0.717, 1.165) is 10.9 Å². The molecule has 10 heteroatoms. The van der Waals surface area contributed by atoms with Crippen molar-refractivity contribution in [3.05, 3.63) is 28.5 Å². The first-order valence-corrected chi connectivity index (χ1v) is 4.81. The number of hydrogen-bond acceptors (Lipinski definition) is 4. The zero-order valence-electron chi connectivity index (χ0n) is 7.78. The summed E-state index contributed by atoms with van der Waals surface area (Å²) in [5, 5.41) is 3.00. The van der Waals surface area contributed by atoms with Crippen LogP contribution in [0.5, 0.6) is 0 Å². The highest BCUT2D eigenvalue weighted by Gasteiger charge is 2.32. The predicted octanol–water partition coefficient (Wildman–Crippen LogP) is 2.38. The fraction of sp³-hybridized carbons (Fsp3) is 0.143. The maximum atomic E-state index is 12.3. The highest BCUT2D eigenvalue weighted by Crippen LogP contribution is 2.28. The van der Waals surface area contributed by atoms with E-state index in [2.05, 4.69) is 20.1 Å². The molecule has 0 atom stereocenters. The summed E-state index contributed by atoms with van der Waals surface area (Å²) in [6, 6.07) is 0. The summed E-state index contributed by atoms with van der Waals surface area (Å²) < 4.78 is 37.8. The minimum atomic E-state index is -4.49. The highest BCUT2D eigenvalue weighted by atomic mass is 35.5. The minimum Gasteiger partial charge on any atom is -0.205 e. The van der Waals surface area contributed by atoms with E-state index in [4.69, 9.17) is 23.2 Å². The zero-order valence-corrected chi connectivity index (χ0v) is 9.29. The smallest absolute Gasteiger partial charge is 0.205 e. The second-order valence-electron chi connectivity index (χ2n) is 2.84. The molecule has 0 aliphatic rings. The average Bonchev–Trinajstić information content (AvgIpc) is 2.63. The third kappa shape index (κ3) is 2.64. The van der Waals surface area contributed by atoms with Crippen LogP contribution in [0.4, 0.5) is 13.2 Å². The molecule has 2 aromatic heterocycles. The fourth-order valence-corrected chi connectivity index (χ4v) is 1.35. The first-order chi connectivity index (χ1) is 7.86. The van der Waals surface area contributed by atoms with Gasteiger partial charge in [0.1, 0.15) is 0 Å². The van der Waals surface area contributed by atoms with Gasteiger partial charge >= 0.3 is 6.18 Å². The lowest BCUT2D eigenvalue weighted by atomic mass is 10.4. The Bertz CT molecular complexity index is 532. The van der Waals surface area contributed by atoms with E-state index in [1.165, 1.54) is 0 Å². The molecule has 0 radical (unpaired) electrons. The van der Waals surface area contributed by atoms with Crippen molar-refractivity contribution in [2.45, 2.75) is 6.18 Å². The number of aromatic nitrogens is 5. The first kappa shape index (κ1) is 12.1. The number of hydrogen-bond donors (Lipinski definition) is 0. The highest BCUT2D eigenvalue weighted by molar-refractivity contribution is 6.31. The van der Waals surface area contributed by atoms with Crippen molar-refractivity contribution in [3.8, 4) is 5.95 Å². The van der Waals surface area contributed by atoms with E-state index in [0.29, 0.717) is 6.20 Å². The van der Waals surface area contributed by atoms with Gasteiger partial charge in [-0.3, -0.25) is 0 Å². The summed E-state index contributed by atoms with van der Waals surface area (Å²) in [7, 11) is 0. The second-order valence-corrected chi connectivity index (χ2v) is 3.52. The summed E-state index contributed by atoms with van der Waals surface area (Å²) in [4.78, 5) is 10.6. The van der Waals surface area contributed by atoms with Crippen molar-refractivity contribution in [3.63, 3.8) is 0 Å². The van der Waals surface area contributed by atoms with Gasteiger partial charge in [-0.2, -0.15) is 33.2 Å². The largest absolute Gasteiger partial charge is 0.419 e. The van der Waals surface area contributed by atoms with Crippen molar-refractivity contribution in [2.75, 3.05) is 0 Å². The van der Waals surface area contributed by atoms with Crippen LogP contribution in [0.3, 0.4) is 0 Å². The summed E-state index contributed by atoms with van der Waals surface area (Å²) in [5.41, 5.74) is -0.926. The summed E-state index contributed by atoms with van der Waals surface area (Å²) in [5.74, 6) is -0.189. The van der Waals surface area contributed by atoms with Gasteiger partial charge in [0, 0.05) is 6.20 Å². The van der Waals surface area contributed by atoms with Gasteiger partial charge in [0.05, 0.1) is 11.8 Å². The molecule has 0 amide bonds. The van der Waals surface area contributed by atoms with Gasteiger partial charge in [0.15, 0.2) is 0 Å². The molecule has 2 heterocycles. The molecule has 0 aliphatic carbocycles. The normalized spacial score (nSPS) is 11.8. The molecule has 17 heavy (non-hydrogen) atoms. The molecule has 0 N–H and O–H groups in total. The van der Waals surface area contributed by atoms with Gasteiger partial charge in [-0.25, -0.2) is 4.68 Å². The second kappa shape index (κ2) is 4.11. The van der Waals surface area contributed by atoms with Crippen molar-refractivity contribution in [1.82, 2.24) is 24.7 Å². The molecule has 0 bridgehead atoms. The molecule has 0 fully saturated rings. The predicted molar refractivity (Wildman–Crippen MR) is 52.0 cm³/mol. The van der Waals surface area contributed by atoms with E-state index in [1.807, 2.05) is 0 Å². The average molecular weight is 284 g/mol. The monoisotopic (exact) mass is 283 g/mol. The lowest BCUT2D eigenvalue weighted by molar-refractivity contribution is -0.137. The zero-order chi connectivity index (χ0) is 12.6. The van der Waals surface area contributed by atoms with Crippen LogP contribution in [0.25, 0.3) is 5.95 Å². The Kier molecular flexibility index (Phi) is 2.92. The Morgan fingerprint density at radius 2 is 1.65 bits per heavy atom. The van der Waals surface area contributed by atoms with Crippen LogP contribution < -0.4 is 0 Å². The summed E-state index contributed by atoms with van der Waals surface area (Å²) >= 11 is 11.0. The number of rotatable bonds is 1. The molecule has 0 aliphatic heterocycles. The Morgan fingerprint density at radius 1 is 1.06 bits per heavy atom. The third-order valence-electron chi connectivity index (χ3n) is 1.68. The first-order valence-electron chi connectivity index (χ1n) is 4.05. The van der Waals surface area contributed by atoms with Crippen LogP contribution in [0.1, 0.15) is 5.56 Å². The lowest BCUT2D eigenvalue weighted by Gasteiger charge is -2.01. The Balaban J connectivity index is 2.44. The van der Waals surface area contributed by atoms with Crippen LogP contribution in [0.2, 0.25) is 10.6 Å². The number of halogens is 5. The number of nitrogens with zero attached hydrogens (tertiary/aromatic N) is 5. The van der Waals surface area contributed by atoms with Gasteiger partial charge in [0.2, 0.25) is 10.6 Å². The molecule has 0 aromatic carbocycles. The van der Waals surface area contributed by atoms with Crippen molar-refractivity contribution in [1.29, 1.82) is 0 Å². The summed E-state index contributed by atoms with van der Waals surface area (Å²) in [6.45, 7) is 0. The van der Waals surface area contributed by atoms with Crippen LogP contribution >= 0.6 is 23.2 Å². The van der Waals surface area contributed by atoms with Crippen molar-refractivity contribution < 1.29 is 13.2 Å². The Labute approximate surface area is 102 Å². The molecule has 5 nitrogen and oxygen atoms in total. The standard InChI is InChI=1S/C7H2Cl2F3N5/c8-4-14-5(9)16-6(15-4)17-2-3(1-13-17)7(10,11)12/h1-2H. The molecule has 0 saturated heterocycles. The molecule has 2 aromatic rings. The van der Waals surface area contributed by atoms with E-state index < -0.39 is 11.7 Å². The fourth-order valence-electron chi connectivity index (χ4n) is 0.997. The van der Waals surface area contributed by atoms with Crippen molar-refractivity contribution in [2.24, 2.45) is 0 Å². The van der Waals surface area contributed by atoms with Crippen molar-refractivity contribution >= 4 is 23.2 Å². The van der Waals surface area contributed by atoms with Crippen LogP contribution in [0.15, 0.2) is 12.4 Å². The van der Waals surface area contributed by atoms with E-state index in [9.17, 15) is 13.2 Å². The van der Waals surface area contributed by atoms with Crippen LogP contribution in [0, 0.1) is 0 Å². The Morgan fingerprint density at radius 3 is 2.12 bits per heavy atom. The molecule has 0 saturated carbocycles. The Hall–Kier alpha value is -1.41. The van der Waals surface area contributed by atoms with E-state index in [-0.39, 0.29) is 16.5 Å². The molecular weight excluding hydrogens is 282 g/mol. The van der Waals surface area contributed by atoms with E-state index in [1.54, 1.807) is 0 Å². The third-order valence-corrected chi connectivity index (χ3v) is 2.02. The van der Waals surface area contributed by atoms with Gasteiger partial charge in [-0.1, -0.05) is 0 Å². The quantitative estimate of drug-likeness (QED) is 0.806. The lowest BCUT2D eigenvalue weighted by Crippen LogP contribution is -2.05. The van der Waals surface area contributed by atoms with Crippen LogP contribution in [-0.4, -0.2) is 24.7 Å². The molecular formula is C7H2Cl2F3N5. The SMILES string of the molecule is FC(F)(F)c1cnn(-c2nc(Cl)nc(Cl)n2)c1. The summed E-state index contributed by atoms with van der Waals surface area (Å²) in [6.07, 6.45) is -3.12. The van der Waals surface area contributed by atoms with E-state index >= 15 is 0 Å². The van der Waals surface area contributed by atoms with Gasteiger partial charge in [0.25, 0.3) is 5.95 Å². The minimum absolute atomic E-state index is 0.189. The maximum Gasteiger partial charge on any atom is 0.419 e. The molecule has 90 valence electrons. The molecule has 0 spiro atoms. The number of alkyl halides is 3. The molecule has 2 rings (SSSR count). The van der Waals surface area contributed by atoms with Gasteiger partial charge < -0.3 is 0 Å². The maximum absolute atomic E-state index is 12.3.